The van der Waals surface area contributed by atoms with Gasteiger partial charge in [-0.15, -0.1) is 0 Å². The summed E-state index contributed by atoms with van der Waals surface area (Å²) in [4.78, 5) is 12.4. The molecule has 1 N–H and O–H groups in total. The molecule has 0 bridgehead atoms. The molecule has 5 heterocycles. The van der Waals surface area contributed by atoms with E-state index in [0.29, 0.717) is 60.1 Å². The largest absolute Gasteiger partial charge is 0.456 e. The van der Waals surface area contributed by atoms with Crippen molar-refractivity contribution in [3.8, 4) is 17.3 Å². The highest BCUT2D eigenvalue weighted by Crippen LogP contribution is 2.37. The van der Waals surface area contributed by atoms with E-state index in [1.165, 1.54) is 5.56 Å². The second kappa shape index (κ2) is 9.20. The number of nitrogens with one attached hydrogen (secondary N) is 1. The summed E-state index contributed by atoms with van der Waals surface area (Å²) < 4.78 is 44.3. The van der Waals surface area contributed by atoms with E-state index in [1.807, 2.05) is 18.2 Å². The average molecular weight is 545 g/mol. The van der Waals surface area contributed by atoms with Crippen LogP contribution in [-0.4, -0.2) is 77.5 Å². The van der Waals surface area contributed by atoms with E-state index in [4.69, 9.17) is 30.8 Å². The molecular weight excluding hydrogens is 516 g/mol. The first-order valence-electron chi connectivity index (χ1n) is 13.0. The molecule has 2 aromatic heterocycles. The van der Waals surface area contributed by atoms with Crippen molar-refractivity contribution in [3.63, 3.8) is 0 Å². The zero-order valence-corrected chi connectivity index (χ0v) is 21.9. The Bertz CT molecular complexity index is 1420. The number of rotatable bonds is 6. The van der Waals surface area contributed by atoms with Gasteiger partial charge in [-0.05, 0) is 49.7 Å². The lowest BCUT2D eigenvalue weighted by atomic mass is 9.89. The van der Waals surface area contributed by atoms with Crippen molar-refractivity contribution in [1.29, 1.82) is 0 Å². The minimum atomic E-state index is -3.09. The molecule has 3 aliphatic heterocycles. The number of halogens is 1. The summed E-state index contributed by atoms with van der Waals surface area (Å²) in [5, 5.41) is 0.387. The molecule has 0 spiro atoms. The Morgan fingerprint density at radius 3 is 2.57 bits per heavy atom. The van der Waals surface area contributed by atoms with Crippen LogP contribution < -0.4 is 4.74 Å². The van der Waals surface area contributed by atoms with Gasteiger partial charge in [0.15, 0.2) is 11.8 Å². The lowest BCUT2D eigenvalue weighted by Gasteiger charge is -2.31. The lowest BCUT2D eigenvalue weighted by Crippen LogP contribution is -2.39. The number of piperidine rings is 1. The molecule has 11 heteroatoms. The number of fused-ring (bicyclic) bond motifs is 2. The summed E-state index contributed by atoms with van der Waals surface area (Å²) in [6, 6.07) is 10.5. The molecular formula is C26H29ClN4O5S. The molecule has 4 fully saturated rings. The van der Waals surface area contributed by atoms with E-state index in [-0.39, 0.29) is 23.6 Å². The Labute approximate surface area is 220 Å². The Kier molecular flexibility index (Phi) is 5.93. The van der Waals surface area contributed by atoms with Gasteiger partial charge >= 0.3 is 0 Å². The molecule has 1 aliphatic carbocycles. The number of benzene rings is 1. The van der Waals surface area contributed by atoms with Crippen LogP contribution in [0.3, 0.4) is 0 Å². The maximum Gasteiger partial charge on any atom is 0.296 e. The standard InChI is InChI=1S/C26H29ClN4O5S/c27-19-13-20-25(30-26(28-20)36-22-14-35-21-9-12-34-24(21)22)29-23(19)17-3-1-15(2-4-17)16-7-10-31(11-8-16)37(32,33)18-5-6-18/h1-4,13,16,18,21-22,24H,5-12,14H2,(H,28,29,30)/t21-,22-,24+/m1/s1. The van der Waals surface area contributed by atoms with E-state index in [9.17, 15) is 8.42 Å². The molecule has 3 saturated heterocycles. The first-order valence-corrected chi connectivity index (χ1v) is 14.9. The molecule has 9 nitrogen and oxygen atoms in total. The van der Waals surface area contributed by atoms with Crippen LogP contribution in [0.25, 0.3) is 22.4 Å². The SMILES string of the molecule is O=S(=O)(C1CC1)N1CCC(c2ccc(-c3nc4nc(O[C@@H]5CO[C@@H]6CCO[C@@H]65)[nH]c4cc3Cl)cc2)CC1. The smallest absolute Gasteiger partial charge is 0.296 e. The third kappa shape index (κ3) is 4.42. The van der Waals surface area contributed by atoms with Crippen molar-refractivity contribution < 1.29 is 22.6 Å². The van der Waals surface area contributed by atoms with Gasteiger partial charge in [-0.1, -0.05) is 35.9 Å². The normalized spacial score (nSPS) is 27.1. The number of sulfonamides is 1. The van der Waals surface area contributed by atoms with Crippen LogP contribution in [-0.2, 0) is 19.5 Å². The van der Waals surface area contributed by atoms with E-state index in [0.717, 1.165) is 37.7 Å². The molecule has 37 heavy (non-hydrogen) atoms. The van der Waals surface area contributed by atoms with E-state index >= 15 is 0 Å². The predicted octanol–water partition coefficient (Wildman–Crippen LogP) is 3.89. The molecule has 0 radical (unpaired) electrons. The molecule has 3 aromatic rings. The summed E-state index contributed by atoms with van der Waals surface area (Å²) in [5.74, 6) is 0.347. The average Bonchev–Trinajstić information content (AvgIpc) is 3.39. The highest BCUT2D eigenvalue weighted by molar-refractivity contribution is 7.90. The molecule has 196 valence electrons. The van der Waals surface area contributed by atoms with Gasteiger partial charge in [0.05, 0.1) is 34.2 Å². The third-order valence-corrected chi connectivity index (χ3v) is 10.7. The van der Waals surface area contributed by atoms with Crippen LogP contribution in [0.5, 0.6) is 6.01 Å². The van der Waals surface area contributed by atoms with Crippen LogP contribution in [0.15, 0.2) is 30.3 Å². The second-order valence-corrected chi connectivity index (χ2v) is 13.0. The highest BCUT2D eigenvalue weighted by atomic mass is 35.5. The van der Waals surface area contributed by atoms with Crippen molar-refractivity contribution in [3.05, 3.63) is 40.9 Å². The fourth-order valence-electron chi connectivity index (χ4n) is 5.76. The molecule has 1 saturated carbocycles. The van der Waals surface area contributed by atoms with Gasteiger partial charge in [0, 0.05) is 25.3 Å². The first-order chi connectivity index (χ1) is 18.0. The first kappa shape index (κ1) is 23.8. The molecule has 0 unspecified atom stereocenters. The van der Waals surface area contributed by atoms with Crippen LogP contribution >= 0.6 is 11.6 Å². The number of pyridine rings is 1. The number of aromatic nitrogens is 3. The maximum atomic E-state index is 12.5. The van der Waals surface area contributed by atoms with Crippen LogP contribution in [0.1, 0.15) is 43.6 Å². The van der Waals surface area contributed by atoms with Gasteiger partial charge in [-0.3, -0.25) is 0 Å². The van der Waals surface area contributed by atoms with E-state index in [2.05, 4.69) is 22.1 Å². The molecule has 0 amide bonds. The minimum absolute atomic E-state index is 0.0614. The number of ether oxygens (including phenoxy) is 3. The van der Waals surface area contributed by atoms with Gasteiger partial charge < -0.3 is 19.2 Å². The van der Waals surface area contributed by atoms with Crippen molar-refractivity contribution in [2.45, 2.75) is 61.6 Å². The fourth-order valence-corrected chi connectivity index (χ4v) is 7.90. The highest BCUT2D eigenvalue weighted by Gasteiger charge is 2.44. The molecule has 4 aliphatic rings. The monoisotopic (exact) mass is 544 g/mol. The second-order valence-electron chi connectivity index (χ2n) is 10.4. The Hall–Kier alpha value is -2.24. The molecule has 1 aromatic carbocycles. The summed E-state index contributed by atoms with van der Waals surface area (Å²) in [5.41, 5.74) is 4.02. The van der Waals surface area contributed by atoms with Crippen molar-refractivity contribution >= 4 is 32.8 Å². The third-order valence-electron chi connectivity index (χ3n) is 8.00. The van der Waals surface area contributed by atoms with Gasteiger partial charge in [-0.25, -0.2) is 17.7 Å². The van der Waals surface area contributed by atoms with E-state index < -0.39 is 10.0 Å². The Morgan fingerprint density at radius 2 is 1.81 bits per heavy atom. The number of nitrogens with zero attached hydrogens (tertiary/aromatic N) is 3. The Morgan fingerprint density at radius 1 is 1.03 bits per heavy atom. The quantitative estimate of drug-likeness (QED) is 0.502. The van der Waals surface area contributed by atoms with Gasteiger partial charge in [-0.2, -0.15) is 4.98 Å². The predicted molar refractivity (Wildman–Crippen MR) is 138 cm³/mol. The summed E-state index contributed by atoms with van der Waals surface area (Å²) in [7, 11) is -3.09. The number of hydrogen-bond donors (Lipinski definition) is 1. The maximum absolute atomic E-state index is 12.5. The van der Waals surface area contributed by atoms with E-state index in [1.54, 1.807) is 4.31 Å². The van der Waals surface area contributed by atoms with Gasteiger partial charge in [0.1, 0.15) is 6.10 Å². The van der Waals surface area contributed by atoms with Crippen LogP contribution in [0.2, 0.25) is 5.02 Å². The van der Waals surface area contributed by atoms with Gasteiger partial charge in [0.2, 0.25) is 10.0 Å². The zero-order valence-electron chi connectivity index (χ0n) is 20.3. The molecule has 3 atom stereocenters. The summed E-state index contributed by atoms with van der Waals surface area (Å²) in [6.07, 6.45) is 4.03. The number of aromatic amines is 1. The molecule has 7 rings (SSSR count). The van der Waals surface area contributed by atoms with Crippen molar-refractivity contribution in [1.82, 2.24) is 19.3 Å². The van der Waals surface area contributed by atoms with Crippen molar-refractivity contribution in [2.75, 3.05) is 26.3 Å². The van der Waals surface area contributed by atoms with Gasteiger partial charge in [0.25, 0.3) is 6.01 Å². The minimum Gasteiger partial charge on any atom is -0.456 e. The van der Waals surface area contributed by atoms with Crippen molar-refractivity contribution in [2.24, 2.45) is 0 Å². The lowest BCUT2D eigenvalue weighted by molar-refractivity contribution is 0.0273. The summed E-state index contributed by atoms with van der Waals surface area (Å²) >= 11 is 6.61. The number of hydrogen-bond acceptors (Lipinski definition) is 7. The number of H-pyrrole nitrogens is 1. The topological polar surface area (TPSA) is 107 Å². The zero-order chi connectivity index (χ0) is 25.1. The Balaban J connectivity index is 1.05. The van der Waals surface area contributed by atoms with Crippen LogP contribution in [0, 0.1) is 0 Å². The van der Waals surface area contributed by atoms with Crippen LogP contribution in [0.4, 0.5) is 0 Å². The summed E-state index contributed by atoms with van der Waals surface area (Å²) in [6.45, 7) is 2.36. The number of imidazole rings is 1. The fraction of sp³-hybridized carbons (Fsp3) is 0.538.